The predicted octanol–water partition coefficient (Wildman–Crippen LogP) is 3.68. The molecule has 0 amide bonds. The van der Waals surface area contributed by atoms with Crippen LogP contribution in [-0.4, -0.2) is 35.0 Å². The Morgan fingerprint density at radius 3 is 1.80 bits per heavy atom. The van der Waals surface area contributed by atoms with E-state index in [1.54, 1.807) is 0 Å². The number of rotatable bonds is 5. The Labute approximate surface area is 98.1 Å². The molecule has 92 valence electrons. The van der Waals surface area contributed by atoms with E-state index < -0.39 is 11.0 Å². The lowest BCUT2D eigenvalue weighted by Crippen LogP contribution is -2.42. The molecule has 0 aliphatic rings. The molecule has 0 fully saturated rings. The molecule has 0 heterocycles. The molecule has 0 rings (SSSR count). The summed E-state index contributed by atoms with van der Waals surface area (Å²) in [4.78, 5) is 0.406. The Bertz CT molecular complexity index is 180. The van der Waals surface area contributed by atoms with Gasteiger partial charge in [0.1, 0.15) is 4.83 Å². The van der Waals surface area contributed by atoms with Crippen molar-refractivity contribution >= 4 is 15.9 Å². The van der Waals surface area contributed by atoms with Crippen molar-refractivity contribution < 1.29 is 13.2 Å². The zero-order chi connectivity index (χ0) is 12.2. The highest BCUT2D eigenvalue weighted by Gasteiger charge is 2.38. The van der Waals surface area contributed by atoms with E-state index in [9.17, 15) is 13.2 Å². The standard InChI is InChI=1S/C10H19BrF3N/c1-7(2)5-15(8(3)4)6-9(11)10(12,13)14/h7-9H,5-6H2,1-4H3. The molecule has 5 heteroatoms. The molecule has 0 bridgehead atoms. The molecule has 0 N–H and O–H groups in total. The van der Waals surface area contributed by atoms with E-state index in [2.05, 4.69) is 15.9 Å². The summed E-state index contributed by atoms with van der Waals surface area (Å²) in [5, 5.41) is 0. The van der Waals surface area contributed by atoms with Crippen LogP contribution in [-0.2, 0) is 0 Å². The molecule has 1 atom stereocenters. The fourth-order valence-electron chi connectivity index (χ4n) is 1.27. The van der Waals surface area contributed by atoms with Crippen LogP contribution in [0.2, 0.25) is 0 Å². The Morgan fingerprint density at radius 2 is 1.53 bits per heavy atom. The second-order valence-corrected chi connectivity index (χ2v) is 5.56. The zero-order valence-electron chi connectivity index (χ0n) is 9.61. The van der Waals surface area contributed by atoms with Gasteiger partial charge in [-0.15, -0.1) is 0 Å². The van der Waals surface area contributed by atoms with Crippen molar-refractivity contribution in [1.29, 1.82) is 0 Å². The summed E-state index contributed by atoms with van der Waals surface area (Å²) < 4.78 is 37.0. The van der Waals surface area contributed by atoms with Crippen LogP contribution in [0.25, 0.3) is 0 Å². The minimum Gasteiger partial charge on any atom is -0.299 e. The van der Waals surface area contributed by atoms with Crippen molar-refractivity contribution in [1.82, 2.24) is 4.90 Å². The minimum atomic E-state index is -4.16. The summed E-state index contributed by atoms with van der Waals surface area (Å²) in [6, 6.07) is 0.134. The Hall–Kier alpha value is 0.230. The van der Waals surface area contributed by atoms with E-state index in [1.807, 2.05) is 32.6 Å². The first-order valence-electron chi connectivity index (χ1n) is 5.09. The van der Waals surface area contributed by atoms with Crippen molar-refractivity contribution in [3.63, 3.8) is 0 Å². The highest BCUT2D eigenvalue weighted by Crippen LogP contribution is 2.27. The fraction of sp³-hybridized carbons (Fsp3) is 1.00. The predicted molar refractivity (Wildman–Crippen MR) is 60.3 cm³/mol. The second kappa shape index (κ2) is 6.09. The van der Waals surface area contributed by atoms with Crippen LogP contribution < -0.4 is 0 Å². The third kappa shape index (κ3) is 6.40. The van der Waals surface area contributed by atoms with Crippen LogP contribution in [0.15, 0.2) is 0 Å². The SMILES string of the molecule is CC(C)CN(CC(Br)C(F)(F)F)C(C)C. The average Bonchev–Trinajstić information content (AvgIpc) is 1.99. The fourth-order valence-corrected chi connectivity index (χ4v) is 1.65. The molecule has 0 spiro atoms. The van der Waals surface area contributed by atoms with E-state index in [4.69, 9.17) is 0 Å². The summed E-state index contributed by atoms with van der Waals surface area (Å²) in [7, 11) is 0. The summed E-state index contributed by atoms with van der Waals surface area (Å²) in [5.74, 6) is 0.375. The Balaban J connectivity index is 4.29. The van der Waals surface area contributed by atoms with Gasteiger partial charge in [-0.25, -0.2) is 0 Å². The van der Waals surface area contributed by atoms with Gasteiger partial charge in [0.15, 0.2) is 0 Å². The maximum absolute atomic E-state index is 12.3. The Morgan fingerprint density at radius 1 is 1.07 bits per heavy atom. The quantitative estimate of drug-likeness (QED) is 0.698. The van der Waals surface area contributed by atoms with E-state index >= 15 is 0 Å². The van der Waals surface area contributed by atoms with Gasteiger partial charge in [-0.05, 0) is 19.8 Å². The minimum absolute atomic E-state index is 0.0132. The van der Waals surface area contributed by atoms with Crippen LogP contribution in [0.1, 0.15) is 27.7 Å². The first-order valence-corrected chi connectivity index (χ1v) is 6.01. The van der Waals surface area contributed by atoms with Crippen LogP contribution >= 0.6 is 15.9 Å². The van der Waals surface area contributed by atoms with Crippen molar-refractivity contribution in [2.45, 2.75) is 44.7 Å². The molecule has 0 aromatic heterocycles. The van der Waals surface area contributed by atoms with Gasteiger partial charge in [-0.1, -0.05) is 29.8 Å². The number of halogens is 4. The molecular weight excluding hydrogens is 271 g/mol. The van der Waals surface area contributed by atoms with E-state index in [-0.39, 0.29) is 12.6 Å². The Kier molecular flexibility index (Phi) is 6.18. The van der Waals surface area contributed by atoms with E-state index in [1.165, 1.54) is 0 Å². The lowest BCUT2D eigenvalue weighted by Gasteiger charge is -2.30. The van der Waals surface area contributed by atoms with Crippen molar-refractivity contribution in [3.8, 4) is 0 Å². The molecule has 0 aliphatic carbocycles. The van der Waals surface area contributed by atoms with E-state index in [0.29, 0.717) is 12.5 Å². The maximum Gasteiger partial charge on any atom is 0.402 e. The van der Waals surface area contributed by atoms with Crippen LogP contribution in [0.3, 0.4) is 0 Å². The topological polar surface area (TPSA) is 3.24 Å². The molecule has 0 aromatic rings. The smallest absolute Gasteiger partial charge is 0.299 e. The normalized spacial score (nSPS) is 15.4. The third-order valence-corrected chi connectivity index (χ3v) is 2.89. The molecule has 0 aromatic carbocycles. The summed E-state index contributed by atoms with van der Waals surface area (Å²) in [6.45, 7) is 8.55. The van der Waals surface area contributed by atoms with Crippen LogP contribution in [0.4, 0.5) is 13.2 Å². The van der Waals surface area contributed by atoms with Gasteiger partial charge < -0.3 is 0 Å². The highest BCUT2D eigenvalue weighted by molar-refractivity contribution is 9.09. The summed E-state index contributed by atoms with van der Waals surface area (Å²) in [5.41, 5.74) is 0. The summed E-state index contributed by atoms with van der Waals surface area (Å²) in [6.07, 6.45) is -4.16. The van der Waals surface area contributed by atoms with Gasteiger partial charge in [0.2, 0.25) is 0 Å². The molecule has 1 unspecified atom stereocenters. The molecule has 1 nitrogen and oxygen atoms in total. The molecule has 15 heavy (non-hydrogen) atoms. The van der Waals surface area contributed by atoms with Crippen LogP contribution in [0, 0.1) is 5.92 Å². The zero-order valence-corrected chi connectivity index (χ0v) is 11.2. The van der Waals surface area contributed by atoms with Gasteiger partial charge in [-0.2, -0.15) is 13.2 Å². The number of hydrogen-bond acceptors (Lipinski definition) is 1. The molecular formula is C10H19BrF3N. The lowest BCUT2D eigenvalue weighted by atomic mass is 10.1. The third-order valence-electron chi connectivity index (χ3n) is 2.08. The monoisotopic (exact) mass is 289 g/mol. The second-order valence-electron chi connectivity index (χ2n) is 4.45. The van der Waals surface area contributed by atoms with Gasteiger partial charge in [-0.3, -0.25) is 4.90 Å². The first kappa shape index (κ1) is 15.2. The van der Waals surface area contributed by atoms with Crippen molar-refractivity contribution in [3.05, 3.63) is 0 Å². The number of nitrogens with zero attached hydrogens (tertiary/aromatic N) is 1. The molecule has 0 saturated heterocycles. The first-order chi connectivity index (χ1) is 6.64. The van der Waals surface area contributed by atoms with Gasteiger partial charge in [0.25, 0.3) is 0 Å². The van der Waals surface area contributed by atoms with Crippen molar-refractivity contribution in [2.75, 3.05) is 13.1 Å². The van der Waals surface area contributed by atoms with Crippen LogP contribution in [0.5, 0.6) is 0 Å². The van der Waals surface area contributed by atoms with Gasteiger partial charge in [0.05, 0.1) is 0 Å². The number of hydrogen-bond donors (Lipinski definition) is 0. The van der Waals surface area contributed by atoms with Gasteiger partial charge in [0, 0.05) is 19.1 Å². The van der Waals surface area contributed by atoms with E-state index in [0.717, 1.165) is 0 Å². The molecule has 0 saturated carbocycles. The van der Waals surface area contributed by atoms with Crippen molar-refractivity contribution in [2.24, 2.45) is 5.92 Å². The number of alkyl halides is 4. The van der Waals surface area contributed by atoms with Gasteiger partial charge >= 0.3 is 6.18 Å². The largest absolute Gasteiger partial charge is 0.402 e. The molecule has 0 radical (unpaired) electrons. The summed E-state index contributed by atoms with van der Waals surface area (Å²) >= 11 is 2.69. The highest BCUT2D eigenvalue weighted by atomic mass is 79.9. The average molecular weight is 290 g/mol. The lowest BCUT2D eigenvalue weighted by molar-refractivity contribution is -0.131. The maximum atomic E-state index is 12.3. The molecule has 0 aliphatic heterocycles.